The molecule has 1 N–H and O–H groups in total. The number of hydrogen-bond donors (Lipinski definition) is 1. The zero-order chi connectivity index (χ0) is 26.6. The van der Waals surface area contributed by atoms with Gasteiger partial charge in [-0.2, -0.15) is 0 Å². The van der Waals surface area contributed by atoms with Crippen molar-refractivity contribution in [3.05, 3.63) is 130 Å². The molecule has 190 valence electrons. The third-order valence-electron chi connectivity index (χ3n) is 6.25. The highest BCUT2D eigenvalue weighted by Crippen LogP contribution is 2.31. The van der Waals surface area contributed by atoms with Crippen LogP contribution in [0.4, 0.5) is 5.69 Å². The van der Waals surface area contributed by atoms with Gasteiger partial charge >= 0.3 is 0 Å². The highest BCUT2D eigenvalue weighted by molar-refractivity contribution is 7.92. The number of rotatable bonds is 8. The minimum atomic E-state index is -4.06. The van der Waals surface area contributed by atoms with Crippen LogP contribution >= 0.6 is 11.6 Å². The van der Waals surface area contributed by atoms with Crippen LogP contribution in [0.5, 0.6) is 0 Å². The van der Waals surface area contributed by atoms with E-state index >= 15 is 0 Å². The molecule has 0 unspecified atom stereocenters. The maximum absolute atomic E-state index is 13.8. The summed E-state index contributed by atoms with van der Waals surface area (Å²) in [5.74, 6) is -0.440. The first kappa shape index (κ1) is 26.5. The Morgan fingerprint density at radius 1 is 0.784 bits per heavy atom. The summed E-state index contributed by atoms with van der Waals surface area (Å²) in [6, 6.07) is 28.7. The standard InChI is InChI=1S/C30H29ClN2O3S/c1-21-12-16-25(17-13-21)30(24-8-5-4-6-9-24)32-29(34)20-33(28-11-7-10-27(31)23(28)3)37(35,36)26-18-14-22(2)15-19-26/h4-19,30H,20H2,1-3H3,(H,32,34)/t30-/m0/s1. The van der Waals surface area contributed by atoms with Gasteiger partial charge in [-0.25, -0.2) is 8.42 Å². The summed E-state index contributed by atoms with van der Waals surface area (Å²) in [7, 11) is -4.06. The van der Waals surface area contributed by atoms with E-state index < -0.39 is 28.5 Å². The molecule has 1 atom stereocenters. The minimum absolute atomic E-state index is 0.100. The lowest BCUT2D eigenvalue weighted by atomic mass is 9.98. The Kier molecular flexibility index (Phi) is 8.00. The van der Waals surface area contributed by atoms with Gasteiger partial charge in [0.2, 0.25) is 5.91 Å². The number of amides is 1. The Labute approximate surface area is 223 Å². The fraction of sp³-hybridized carbons (Fsp3) is 0.167. The Hall–Kier alpha value is -3.61. The second kappa shape index (κ2) is 11.2. The van der Waals surface area contributed by atoms with Crippen LogP contribution < -0.4 is 9.62 Å². The van der Waals surface area contributed by atoms with E-state index in [4.69, 9.17) is 11.6 Å². The summed E-state index contributed by atoms with van der Waals surface area (Å²) < 4.78 is 28.7. The average Bonchev–Trinajstić information content (AvgIpc) is 2.89. The number of carbonyl (C=O) groups is 1. The second-order valence-corrected chi connectivity index (χ2v) is 11.3. The summed E-state index contributed by atoms with van der Waals surface area (Å²) >= 11 is 6.35. The lowest BCUT2D eigenvalue weighted by Crippen LogP contribution is -2.42. The average molecular weight is 533 g/mol. The molecule has 0 radical (unpaired) electrons. The SMILES string of the molecule is Cc1ccc([C@@H](NC(=O)CN(c2cccc(Cl)c2C)S(=O)(=O)c2ccc(C)cc2)c2ccccc2)cc1. The van der Waals surface area contributed by atoms with E-state index in [1.165, 1.54) is 0 Å². The van der Waals surface area contributed by atoms with Crippen molar-refractivity contribution in [2.45, 2.75) is 31.7 Å². The third-order valence-corrected chi connectivity index (χ3v) is 8.44. The van der Waals surface area contributed by atoms with Gasteiger partial charge in [0.15, 0.2) is 0 Å². The fourth-order valence-electron chi connectivity index (χ4n) is 4.10. The molecule has 0 aliphatic rings. The first-order valence-electron chi connectivity index (χ1n) is 11.9. The molecule has 0 heterocycles. The van der Waals surface area contributed by atoms with Gasteiger partial charge < -0.3 is 5.32 Å². The summed E-state index contributed by atoms with van der Waals surface area (Å²) in [5, 5.41) is 3.48. The first-order chi connectivity index (χ1) is 17.7. The number of hydrogen-bond acceptors (Lipinski definition) is 3. The molecule has 1 amide bonds. The van der Waals surface area contributed by atoms with Crippen LogP contribution in [-0.4, -0.2) is 20.9 Å². The molecule has 0 saturated carbocycles. The molecule has 0 saturated heterocycles. The summed E-state index contributed by atoms with van der Waals surface area (Å²) in [4.78, 5) is 13.6. The molecular formula is C30H29ClN2O3S. The van der Waals surface area contributed by atoms with Gasteiger partial charge in [0.05, 0.1) is 16.6 Å². The van der Waals surface area contributed by atoms with Crippen LogP contribution in [-0.2, 0) is 14.8 Å². The highest BCUT2D eigenvalue weighted by atomic mass is 35.5. The summed E-state index contributed by atoms with van der Waals surface area (Å²) in [5.41, 5.74) is 4.77. The van der Waals surface area contributed by atoms with Gasteiger partial charge in [-0.05, 0) is 61.7 Å². The van der Waals surface area contributed by atoms with Crippen LogP contribution in [0.2, 0.25) is 5.02 Å². The van der Waals surface area contributed by atoms with E-state index in [1.54, 1.807) is 49.4 Å². The molecule has 4 rings (SSSR count). The van der Waals surface area contributed by atoms with Crippen molar-refractivity contribution in [1.29, 1.82) is 0 Å². The van der Waals surface area contributed by atoms with Crippen LogP contribution in [0.1, 0.15) is 33.9 Å². The normalized spacial score (nSPS) is 12.1. The maximum atomic E-state index is 13.8. The number of carbonyl (C=O) groups excluding carboxylic acids is 1. The third kappa shape index (κ3) is 6.04. The van der Waals surface area contributed by atoms with Crippen molar-refractivity contribution in [3.63, 3.8) is 0 Å². The van der Waals surface area contributed by atoms with E-state index in [2.05, 4.69) is 5.32 Å². The molecule has 0 fully saturated rings. The van der Waals surface area contributed by atoms with Crippen LogP contribution in [0.3, 0.4) is 0 Å². The zero-order valence-corrected chi connectivity index (χ0v) is 22.6. The number of benzene rings is 4. The Morgan fingerprint density at radius 2 is 1.35 bits per heavy atom. The van der Waals surface area contributed by atoms with Gasteiger partial charge in [-0.3, -0.25) is 9.10 Å². The quantitative estimate of drug-likeness (QED) is 0.287. The smallest absolute Gasteiger partial charge is 0.264 e. The van der Waals surface area contributed by atoms with Crippen molar-refractivity contribution in [2.75, 3.05) is 10.8 Å². The van der Waals surface area contributed by atoms with E-state index in [0.29, 0.717) is 16.3 Å². The summed E-state index contributed by atoms with van der Waals surface area (Å²) in [6.07, 6.45) is 0. The lowest BCUT2D eigenvalue weighted by Gasteiger charge is -2.27. The van der Waals surface area contributed by atoms with E-state index in [9.17, 15) is 13.2 Å². The number of nitrogens with one attached hydrogen (secondary N) is 1. The molecule has 0 aromatic heterocycles. The van der Waals surface area contributed by atoms with E-state index in [0.717, 1.165) is 26.6 Å². The van der Waals surface area contributed by atoms with Crippen molar-refractivity contribution >= 4 is 33.2 Å². The van der Waals surface area contributed by atoms with Gasteiger partial charge in [-0.15, -0.1) is 0 Å². The highest BCUT2D eigenvalue weighted by Gasteiger charge is 2.30. The molecule has 7 heteroatoms. The van der Waals surface area contributed by atoms with Gasteiger partial charge in [-0.1, -0.05) is 95.5 Å². The van der Waals surface area contributed by atoms with E-state index in [-0.39, 0.29) is 4.90 Å². The molecular weight excluding hydrogens is 504 g/mol. The first-order valence-corrected chi connectivity index (χ1v) is 13.7. The molecule has 37 heavy (non-hydrogen) atoms. The number of nitrogens with zero attached hydrogens (tertiary/aromatic N) is 1. The topological polar surface area (TPSA) is 66.5 Å². The zero-order valence-electron chi connectivity index (χ0n) is 21.0. The molecule has 0 spiro atoms. The molecule has 4 aromatic carbocycles. The van der Waals surface area contributed by atoms with Crippen LogP contribution in [0, 0.1) is 20.8 Å². The van der Waals surface area contributed by atoms with Crippen molar-refractivity contribution in [3.8, 4) is 0 Å². The molecule has 0 aliphatic heterocycles. The number of sulfonamides is 1. The summed E-state index contributed by atoms with van der Waals surface area (Å²) in [6.45, 7) is 5.22. The second-order valence-electron chi connectivity index (χ2n) is 9.03. The van der Waals surface area contributed by atoms with E-state index in [1.807, 2.05) is 68.4 Å². The van der Waals surface area contributed by atoms with Crippen LogP contribution in [0.25, 0.3) is 0 Å². The molecule has 0 aliphatic carbocycles. The predicted molar refractivity (Wildman–Crippen MR) is 150 cm³/mol. The van der Waals surface area contributed by atoms with Crippen LogP contribution in [0.15, 0.2) is 102 Å². The number of anilines is 1. The number of aryl methyl sites for hydroxylation is 2. The monoisotopic (exact) mass is 532 g/mol. The van der Waals surface area contributed by atoms with Crippen molar-refractivity contribution < 1.29 is 13.2 Å². The Balaban J connectivity index is 1.72. The Bertz CT molecular complexity index is 1490. The largest absolute Gasteiger partial charge is 0.344 e. The van der Waals surface area contributed by atoms with Gasteiger partial charge in [0, 0.05) is 5.02 Å². The molecule has 5 nitrogen and oxygen atoms in total. The fourth-order valence-corrected chi connectivity index (χ4v) is 5.75. The molecule has 4 aromatic rings. The maximum Gasteiger partial charge on any atom is 0.264 e. The van der Waals surface area contributed by atoms with Gasteiger partial charge in [0.25, 0.3) is 10.0 Å². The lowest BCUT2D eigenvalue weighted by molar-refractivity contribution is -0.120. The van der Waals surface area contributed by atoms with Gasteiger partial charge in [0.1, 0.15) is 6.54 Å². The van der Waals surface area contributed by atoms with Crippen molar-refractivity contribution in [2.24, 2.45) is 0 Å². The minimum Gasteiger partial charge on any atom is -0.344 e. The number of halogens is 1. The van der Waals surface area contributed by atoms with Crippen molar-refractivity contribution in [1.82, 2.24) is 5.32 Å². The predicted octanol–water partition coefficient (Wildman–Crippen LogP) is 6.37. The molecule has 0 bridgehead atoms. The Morgan fingerprint density at radius 3 is 1.97 bits per heavy atom.